The summed E-state index contributed by atoms with van der Waals surface area (Å²) in [6, 6.07) is 18.9. The Morgan fingerprint density at radius 2 is 1.83 bits per heavy atom. The lowest BCUT2D eigenvalue weighted by atomic mass is 9.90. The number of carboxylic acids is 1. The number of benzene rings is 2. The molecular formula is C23H21N3O3. The number of nitrogens with zero attached hydrogens (tertiary/aromatic N) is 3. The summed E-state index contributed by atoms with van der Waals surface area (Å²) in [7, 11) is 0. The second-order valence-electron chi connectivity index (χ2n) is 7.29. The number of piperidine rings is 1. The van der Waals surface area contributed by atoms with E-state index in [-0.39, 0.29) is 11.3 Å². The number of oxazole rings is 1. The minimum atomic E-state index is -0.985. The Bertz CT molecular complexity index is 1030. The van der Waals surface area contributed by atoms with Gasteiger partial charge in [-0.05, 0) is 55.0 Å². The molecule has 1 saturated heterocycles. The Balaban J connectivity index is 1.46. The number of hydrogen-bond donors (Lipinski definition) is 1. The lowest BCUT2D eigenvalue weighted by Gasteiger charge is -2.31. The van der Waals surface area contributed by atoms with Crippen LogP contribution in [0.2, 0.25) is 0 Å². The number of anilines is 1. The Kier molecular flexibility index (Phi) is 5.30. The fraction of sp³-hybridized carbons (Fsp3) is 0.261. The molecule has 0 spiro atoms. The molecule has 1 aromatic heterocycles. The van der Waals surface area contributed by atoms with E-state index in [1.165, 1.54) is 17.7 Å². The van der Waals surface area contributed by atoms with Crippen LogP contribution in [0.3, 0.4) is 0 Å². The number of carbonyl (C=O) groups is 1. The fourth-order valence-corrected chi connectivity index (χ4v) is 3.77. The number of hydrogen-bond acceptors (Lipinski definition) is 5. The lowest BCUT2D eigenvalue weighted by molar-refractivity contribution is 0.0697. The monoisotopic (exact) mass is 387 g/mol. The third-order valence-electron chi connectivity index (χ3n) is 5.36. The van der Waals surface area contributed by atoms with E-state index in [0.717, 1.165) is 32.4 Å². The van der Waals surface area contributed by atoms with E-state index >= 15 is 0 Å². The van der Waals surface area contributed by atoms with Crippen molar-refractivity contribution in [3.05, 3.63) is 71.4 Å². The van der Waals surface area contributed by atoms with Gasteiger partial charge < -0.3 is 14.4 Å². The molecule has 0 atom stereocenters. The molecule has 0 aliphatic carbocycles. The Morgan fingerprint density at radius 1 is 1.14 bits per heavy atom. The third kappa shape index (κ3) is 4.14. The van der Waals surface area contributed by atoms with Crippen LogP contribution in [0.5, 0.6) is 0 Å². The molecule has 29 heavy (non-hydrogen) atoms. The first kappa shape index (κ1) is 18.8. The molecule has 1 fully saturated rings. The summed E-state index contributed by atoms with van der Waals surface area (Å²) in [4.78, 5) is 17.4. The SMILES string of the molecule is N#Cc1nc(-c2ccc(C(=O)O)cc2)oc1N1CCC(Cc2ccccc2)CC1. The second-order valence-corrected chi connectivity index (χ2v) is 7.29. The average Bonchev–Trinajstić information content (AvgIpc) is 3.19. The zero-order valence-electron chi connectivity index (χ0n) is 15.9. The number of aromatic carboxylic acids is 1. The summed E-state index contributed by atoms with van der Waals surface area (Å²) in [6.45, 7) is 1.64. The fourth-order valence-electron chi connectivity index (χ4n) is 3.77. The first-order valence-electron chi connectivity index (χ1n) is 9.67. The molecule has 6 nitrogen and oxygen atoms in total. The maximum Gasteiger partial charge on any atom is 0.335 e. The second kappa shape index (κ2) is 8.19. The molecule has 1 aliphatic rings. The Labute approximate surface area is 169 Å². The molecule has 0 bridgehead atoms. The van der Waals surface area contributed by atoms with Crippen LogP contribution in [-0.4, -0.2) is 29.1 Å². The van der Waals surface area contributed by atoms with Gasteiger partial charge in [-0.2, -0.15) is 10.2 Å². The van der Waals surface area contributed by atoms with Gasteiger partial charge in [0.1, 0.15) is 6.07 Å². The van der Waals surface area contributed by atoms with Crippen molar-refractivity contribution in [2.75, 3.05) is 18.0 Å². The van der Waals surface area contributed by atoms with Crippen LogP contribution in [0, 0.1) is 17.2 Å². The minimum Gasteiger partial charge on any atom is -0.478 e. The topological polar surface area (TPSA) is 90.4 Å². The highest BCUT2D eigenvalue weighted by atomic mass is 16.4. The van der Waals surface area contributed by atoms with Gasteiger partial charge in [0.25, 0.3) is 0 Å². The average molecular weight is 387 g/mol. The molecule has 2 aromatic carbocycles. The predicted molar refractivity (Wildman–Crippen MR) is 109 cm³/mol. The summed E-state index contributed by atoms with van der Waals surface area (Å²) >= 11 is 0. The van der Waals surface area contributed by atoms with E-state index in [2.05, 4.69) is 40.2 Å². The minimum absolute atomic E-state index is 0.196. The smallest absolute Gasteiger partial charge is 0.335 e. The normalized spacial score (nSPS) is 14.5. The van der Waals surface area contributed by atoms with Crippen molar-refractivity contribution in [2.24, 2.45) is 5.92 Å². The zero-order chi connectivity index (χ0) is 20.2. The molecule has 0 radical (unpaired) electrons. The molecule has 146 valence electrons. The van der Waals surface area contributed by atoms with Gasteiger partial charge in [-0.3, -0.25) is 0 Å². The van der Waals surface area contributed by atoms with E-state index in [4.69, 9.17) is 9.52 Å². The number of nitriles is 1. The molecule has 4 rings (SSSR count). The standard InChI is InChI=1S/C23H21N3O3/c24-15-20-22(29-21(25-20)18-6-8-19(9-7-18)23(27)28)26-12-10-17(11-13-26)14-16-4-2-1-3-5-16/h1-9,17H,10-14H2,(H,27,28). The molecule has 1 N–H and O–H groups in total. The van der Waals surface area contributed by atoms with Crippen LogP contribution in [0.4, 0.5) is 5.88 Å². The summed E-state index contributed by atoms with van der Waals surface area (Å²) in [6.07, 6.45) is 3.13. The van der Waals surface area contributed by atoms with Gasteiger partial charge in [0.05, 0.1) is 5.56 Å². The number of carboxylic acid groups (broad SMARTS) is 1. The first-order chi connectivity index (χ1) is 14.1. The first-order valence-corrected chi connectivity index (χ1v) is 9.67. The molecule has 2 heterocycles. The van der Waals surface area contributed by atoms with Crippen molar-refractivity contribution in [3.8, 4) is 17.5 Å². The summed E-state index contributed by atoms with van der Waals surface area (Å²) in [5.74, 6) is 0.466. The predicted octanol–water partition coefficient (Wildman–Crippen LogP) is 4.37. The maximum atomic E-state index is 11.0. The summed E-state index contributed by atoms with van der Waals surface area (Å²) in [5, 5.41) is 18.5. The molecule has 0 saturated carbocycles. The van der Waals surface area contributed by atoms with E-state index in [0.29, 0.717) is 23.3 Å². The molecule has 1 aliphatic heterocycles. The van der Waals surface area contributed by atoms with Gasteiger partial charge >= 0.3 is 5.97 Å². The van der Waals surface area contributed by atoms with Crippen LogP contribution in [0.15, 0.2) is 59.0 Å². The lowest BCUT2D eigenvalue weighted by Crippen LogP contribution is -2.34. The van der Waals surface area contributed by atoms with Crippen LogP contribution in [0.25, 0.3) is 11.5 Å². The highest BCUT2D eigenvalue weighted by molar-refractivity contribution is 5.88. The van der Waals surface area contributed by atoms with E-state index in [1.54, 1.807) is 12.1 Å². The quantitative estimate of drug-likeness (QED) is 0.699. The van der Waals surface area contributed by atoms with E-state index in [1.807, 2.05) is 6.07 Å². The van der Waals surface area contributed by atoms with Gasteiger partial charge in [0.2, 0.25) is 17.5 Å². The molecule has 0 amide bonds. The van der Waals surface area contributed by atoms with Gasteiger partial charge in [-0.25, -0.2) is 4.79 Å². The van der Waals surface area contributed by atoms with Gasteiger partial charge in [0.15, 0.2) is 0 Å². The van der Waals surface area contributed by atoms with Crippen molar-refractivity contribution in [1.29, 1.82) is 5.26 Å². The molecular weight excluding hydrogens is 366 g/mol. The van der Waals surface area contributed by atoms with Crippen molar-refractivity contribution in [1.82, 2.24) is 4.98 Å². The maximum absolute atomic E-state index is 11.0. The third-order valence-corrected chi connectivity index (χ3v) is 5.36. The van der Waals surface area contributed by atoms with Crippen LogP contribution < -0.4 is 4.90 Å². The Hall–Kier alpha value is -3.59. The van der Waals surface area contributed by atoms with Crippen molar-refractivity contribution in [2.45, 2.75) is 19.3 Å². The van der Waals surface area contributed by atoms with Crippen LogP contribution >= 0.6 is 0 Å². The largest absolute Gasteiger partial charge is 0.478 e. The van der Waals surface area contributed by atoms with Crippen LogP contribution in [0.1, 0.15) is 34.5 Å². The van der Waals surface area contributed by atoms with E-state index < -0.39 is 5.97 Å². The van der Waals surface area contributed by atoms with Crippen LogP contribution in [-0.2, 0) is 6.42 Å². The van der Waals surface area contributed by atoms with E-state index in [9.17, 15) is 10.1 Å². The zero-order valence-corrected chi connectivity index (χ0v) is 15.9. The number of rotatable bonds is 5. The molecule has 0 unspecified atom stereocenters. The Morgan fingerprint density at radius 3 is 2.45 bits per heavy atom. The molecule has 6 heteroatoms. The highest BCUT2D eigenvalue weighted by Gasteiger charge is 2.25. The summed E-state index contributed by atoms with van der Waals surface area (Å²) < 4.78 is 5.93. The van der Waals surface area contributed by atoms with Crippen molar-refractivity contribution >= 4 is 11.9 Å². The van der Waals surface area contributed by atoms with Gasteiger partial charge in [-0.1, -0.05) is 30.3 Å². The highest BCUT2D eigenvalue weighted by Crippen LogP contribution is 2.32. The summed E-state index contributed by atoms with van der Waals surface area (Å²) in [5.41, 5.74) is 2.47. The van der Waals surface area contributed by atoms with Crippen molar-refractivity contribution < 1.29 is 14.3 Å². The molecule has 3 aromatic rings. The van der Waals surface area contributed by atoms with Crippen molar-refractivity contribution in [3.63, 3.8) is 0 Å². The van der Waals surface area contributed by atoms with Gasteiger partial charge in [-0.15, -0.1) is 0 Å². The number of aromatic nitrogens is 1. The van der Waals surface area contributed by atoms with Gasteiger partial charge in [0, 0.05) is 18.7 Å².